The van der Waals surface area contributed by atoms with Gasteiger partial charge in [0.1, 0.15) is 0 Å². The van der Waals surface area contributed by atoms with Crippen molar-refractivity contribution < 1.29 is 14.0 Å². The van der Waals surface area contributed by atoms with E-state index >= 15 is 0 Å². The minimum Gasteiger partial charge on any atom is -0.459 e. The molecule has 4 rings (SSSR count). The number of anilines is 1. The van der Waals surface area contributed by atoms with E-state index in [-0.39, 0.29) is 11.3 Å². The Kier molecular flexibility index (Phi) is 6.00. The number of amides is 2. The first kappa shape index (κ1) is 19.8. The highest BCUT2D eigenvalue weighted by Gasteiger charge is 2.16. The fourth-order valence-corrected chi connectivity index (χ4v) is 3.04. The molecule has 0 spiro atoms. The molecule has 2 amide bonds. The van der Waals surface area contributed by atoms with Gasteiger partial charge in [-0.25, -0.2) is 5.43 Å². The average Bonchev–Trinajstić information content (AvgIpc) is 3.36. The van der Waals surface area contributed by atoms with Crippen LogP contribution < -0.4 is 10.7 Å². The lowest BCUT2D eigenvalue weighted by atomic mass is 10.0. The van der Waals surface area contributed by atoms with Gasteiger partial charge in [0.05, 0.1) is 23.2 Å². The van der Waals surface area contributed by atoms with E-state index in [4.69, 9.17) is 4.42 Å². The number of hydrogen-bond donors (Lipinski definition) is 2. The number of hydrogen-bond acceptors (Lipinski definition) is 4. The Hall–Kier alpha value is -4.45. The highest BCUT2D eigenvalue weighted by Crippen LogP contribution is 2.17. The molecule has 4 aromatic rings. The van der Waals surface area contributed by atoms with Gasteiger partial charge in [-0.1, -0.05) is 72.8 Å². The monoisotopic (exact) mass is 409 g/mol. The molecule has 0 aliphatic carbocycles. The Morgan fingerprint density at radius 2 is 1.29 bits per heavy atom. The molecular weight excluding hydrogens is 390 g/mol. The normalized spacial score (nSPS) is 10.2. The molecule has 6 nitrogen and oxygen atoms in total. The van der Waals surface area contributed by atoms with Crippen LogP contribution in [-0.2, 0) is 0 Å². The largest absolute Gasteiger partial charge is 0.459 e. The lowest BCUT2D eigenvalue weighted by molar-refractivity contribution is 0.0956. The van der Waals surface area contributed by atoms with Crippen molar-refractivity contribution in [2.24, 2.45) is 5.10 Å². The lowest BCUT2D eigenvalue weighted by Gasteiger charge is -2.11. The SMILES string of the molecule is O=C(Nc1ccccc1C(=O)NN=C(c1ccccc1)c1ccccc1)c1ccco1. The summed E-state index contributed by atoms with van der Waals surface area (Å²) >= 11 is 0. The van der Waals surface area contributed by atoms with Gasteiger partial charge in [-0.3, -0.25) is 9.59 Å². The zero-order valence-electron chi connectivity index (χ0n) is 16.5. The van der Waals surface area contributed by atoms with Crippen LogP contribution in [0.4, 0.5) is 5.69 Å². The van der Waals surface area contributed by atoms with Gasteiger partial charge in [0.2, 0.25) is 0 Å². The lowest BCUT2D eigenvalue weighted by Crippen LogP contribution is -2.23. The predicted octanol–water partition coefficient (Wildman–Crippen LogP) is 4.71. The van der Waals surface area contributed by atoms with Crippen LogP contribution in [0.5, 0.6) is 0 Å². The van der Waals surface area contributed by atoms with Gasteiger partial charge in [-0.15, -0.1) is 0 Å². The quantitative estimate of drug-likeness (QED) is 0.357. The molecule has 0 fully saturated rings. The molecule has 0 saturated heterocycles. The van der Waals surface area contributed by atoms with Gasteiger partial charge in [-0.2, -0.15) is 5.10 Å². The van der Waals surface area contributed by atoms with Gasteiger partial charge in [0.25, 0.3) is 11.8 Å². The second-order valence-corrected chi connectivity index (χ2v) is 6.61. The van der Waals surface area contributed by atoms with Crippen molar-refractivity contribution in [3.63, 3.8) is 0 Å². The molecule has 0 aliphatic rings. The fraction of sp³-hybridized carbons (Fsp3) is 0. The third kappa shape index (κ3) is 4.76. The number of nitrogens with one attached hydrogen (secondary N) is 2. The number of carbonyl (C=O) groups is 2. The molecule has 0 unspecified atom stereocenters. The zero-order chi connectivity index (χ0) is 21.5. The molecule has 31 heavy (non-hydrogen) atoms. The summed E-state index contributed by atoms with van der Waals surface area (Å²) in [5.74, 6) is -0.730. The number of para-hydroxylation sites is 1. The first-order chi connectivity index (χ1) is 15.2. The van der Waals surface area contributed by atoms with E-state index < -0.39 is 11.8 Å². The average molecular weight is 409 g/mol. The third-order valence-electron chi connectivity index (χ3n) is 4.53. The summed E-state index contributed by atoms with van der Waals surface area (Å²) in [5.41, 5.74) is 5.63. The molecule has 0 aliphatic heterocycles. The number of furan rings is 1. The van der Waals surface area contributed by atoms with Crippen LogP contribution in [-0.4, -0.2) is 17.5 Å². The van der Waals surface area contributed by atoms with Gasteiger partial charge >= 0.3 is 0 Å². The van der Waals surface area contributed by atoms with Gasteiger partial charge in [-0.05, 0) is 24.3 Å². The van der Waals surface area contributed by atoms with Crippen LogP contribution in [0.1, 0.15) is 32.0 Å². The van der Waals surface area contributed by atoms with Crippen molar-refractivity contribution in [3.05, 3.63) is 126 Å². The highest BCUT2D eigenvalue weighted by atomic mass is 16.3. The summed E-state index contributed by atoms with van der Waals surface area (Å²) in [6.45, 7) is 0. The van der Waals surface area contributed by atoms with E-state index in [0.29, 0.717) is 11.4 Å². The van der Waals surface area contributed by atoms with Gasteiger partial charge in [0.15, 0.2) is 5.76 Å². The van der Waals surface area contributed by atoms with Crippen LogP contribution in [0.3, 0.4) is 0 Å². The molecule has 1 aromatic heterocycles. The molecule has 1 heterocycles. The maximum absolute atomic E-state index is 12.9. The number of rotatable bonds is 6. The van der Waals surface area contributed by atoms with Crippen LogP contribution in [0, 0.1) is 0 Å². The summed E-state index contributed by atoms with van der Waals surface area (Å²) < 4.78 is 5.11. The van der Waals surface area contributed by atoms with E-state index in [1.807, 2.05) is 60.7 Å². The highest BCUT2D eigenvalue weighted by molar-refractivity contribution is 6.14. The van der Waals surface area contributed by atoms with Crippen LogP contribution in [0.15, 0.2) is 113 Å². The molecule has 3 aromatic carbocycles. The molecular formula is C25H19N3O3. The summed E-state index contributed by atoms with van der Waals surface area (Å²) in [6, 6.07) is 29.1. The Bertz CT molecular complexity index is 1160. The van der Waals surface area contributed by atoms with E-state index in [2.05, 4.69) is 15.8 Å². The number of carbonyl (C=O) groups excluding carboxylic acids is 2. The van der Waals surface area contributed by atoms with Gasteiger partial charge in [0, 0.05) is 11.1 Å². The Morgan fingerprint density at radius 1 is 0.677 bits per heavy atom. The summed E-state index contributed by atoms with van der Waals surface area (Å²) in [6.07, 6.45) is 1.41. The Morgan fingerprint density at radius 3 is 1.90 bits per heavy atom. The smallest absolute Gasteiger partial charge is 0.291 e. The van der Waals surface area contributed by atoms with E-state index in [1.54, 1.807) is 36.4 Å². The maximum atomic E-state index is 12.9. The molecule has 0 atom stereocenters. The zero-order valence-corrected chi connectivity index (χ0v) is 16.5. The molecule has 2 N–H and O–H groups in total. The van der Waals surface area contributed by atoms with Crippen molar-refractivity contribution in [3.8, 4) is 0 Å². The van der Waals surface area contributed by atoms with E-state index in [9.17, 15) is 9.59 Å². The minimum absolute atomic E-state index is 0.156. The molecule has 152 valence electrons. The first-order valence-corrected chi connectivity index (χ1v) is 9.65. The number of benzene rings is 3. The number of nitrogens with zero attached hydrogens (tertiary/aromatic N) is 1. The topological polar surface area (TPSA) is 83.7 Å². The molecule has 0 bridgehead atoms. The summed E-state index contributed by atoms with van der Waals surface area (Å²) in [5, 5.41) is 7.10. The second-order valence-electron chi connectivity index (χ2n) is 6.61. The second kappa shape index (κ2) is 9.37. The molecule has 0 saturated carbocycles. The predicted molar refractivity (Wildman–Crippen MR) is 119 cm³/mol. The van der Waals surface area contributed by atoms with E-state index in [1.165, 1.54) is 6.26 Å². The Balaban J connectivity index is 1.60. The van der Waals surface area contributed by atoms with Crippen LogP contribution in [0.2, 0.25) is 0 Å². The maximum Gasteiger partial charge on any atom is 0.291 e. The van der Waals surface area contributed by atoms with Crippen molar-refractivity contribution >= 4 is 23.2 Å². The van der Waals surface area contributed by atoms with Crippen molar-refractivity contribution in [2.45, 2.75) is 0 Å². The van der Waals surface area contributed by atoms with Crippen LogP contribution >= 0.6 is 0 Å². The van der Waals surface area contributed by atoms with Gasteiger partial charge < -0.3 is 9.73 Å². The standard InChI is InChI=1S/C25H19N3O3/c29-24(20-14-7-8-15-21(20)26-25(30)22-16-9-17-31-22)28-27-23(18-10-3-1-4-11-18)19-12-5-2-6-13-19/h1-17H,(H,26,30)(H,28,29). The fourth-order valence-electron chi connectivity index (χ4n) is 3.04. The van der Waals surface area contributed by atoms with Crippen molar-refractivity contribution in [2.75, 3.05) is 5.32 Å². The van der Waals surface area contributed by atoms with Crippen molar-refractivity contribution in [1.82, 2.24) is 5.43 Å². The molecule has 6 heteroatoms. The minimum atomic E-state index is -0.445. The Labute approximate surface area is 179 Å². The van der Waals surface area contributed by atoms with Crippen LogP contribution in [0.25, 0.3) is 0 Å². The molecule has 0 radical (unpaired) electrons. The van der Waals surface area contributed by atoms with Crippen molar-refractivity contribution in [1.29, 1.82) is 0 Å². The summed E-state index contributed by atoms with van der Waals surface area (Å²) in [4.78, 5) is 25.2. The first-order valence-electron chi connectivity index (χ1n) is 9.65. The van der Waals surface area contributed by atoms with E-state index in [0.717, 1.165) is 11.1 Å². The number of hydrazone groups is 1. The third-order valence-corrected chi connectivity index (χ3v) is 4.53. The summed E-state index contributed by atoms with van der Waals surface area (Å²) in [7, 11) is 0.